The lowest BCUT2D eigenvalue weighted by atomic mass is 10.1. The van der Waals surface area contributed by atoms with E-state index in [0.29, 0.717) is 31.1 Å². The summed E-state index contributed by atoms with van der Waals surface area (Å²) in [5.74, 6) is 1.03. The summed E-state index contributed by atoms with van der Waals surface area (Å²) >= 11 is 0. The first kappa shape index (κ1) is 28.8. The number of urea groups is 1. The van der Waals surface area contributed by atoms with Crippen molar-refractivity contribution in [1.29, 1.82) is 0 Å². The van der Waals surface area contributed by atoms with Crippen LogP contribution in [0.2, 0.25) is 0 Å². The summed E-state index contributed by atoms with van der Waals surface area (Å²) in [5, 5.41) is 2.40. The predicted octanol–water partition coefficient (Wildman–Crippen LogP) is 6.10. The molecular weight excluding hydrogens is 495 g/mol. The minimum Gasteiger partial charge on any atom is -0.493 e. The molecule has 0 aliphatic heterocycles. The number of para-hydroxylation sites is 1. The summed E-state index contributed by atoms with van der Waals surface area (Å²) in [7, 11) is 1.52. The van der Waals surface area contributed by atoms with Crippen LogP contribution in [0.5, 0.6) is 11.5 Å². The van der Waals surface area contributed by atoms with Gasteiger partial charge in [0.05, 0.1) is 18.4 Å². The average molecular weight is 524 g/mol. The minimum atomic E-state index is -4.59. The number of amides is 2. The molecule has 6 nitrogen and oxygen atoms in total. The Kier molecular flexibility index (Phi) is 10.9. The molecule has 0 atom stereocenters. The Morgan fingerprint density at radius 1 is 0.972 bits per heavy atom. The SMILES string of the molecule is COc1cc(CN(CCCN)C(=O)Nc2ccccc2C(F)(F)F)ccc1OCc1ccccc1.Cl. The van der Waals surface area contributed by atoms with Crippen LogP contribution in [0.15, 0.2) is 72.8 Å². The summed E-state index contributed by atoms with van der Waals surface area (Å²) < 4.78 is 51.3. The molecule has 3 aromatic rings. The molecule has 3 N–H and O–H groups in total. The Morgan fingerprint density at radius 3 is 2.33 bits per heavy atom. The summed E-state index contributed by atoms with van der Waals surface area (Å²) in [6.45, 7) is 1.11. The van der Waals surface area contributed by atoms with Crippen LogP contribution in [0.1, 0.15) is 23.1 Å². The van der Waals surface area contributed by atoms with E-state index in [9.17, 15) is 18.0 Å². The van der Waals surface area contributed by atoms with Crippen molar-refractivity contribution in [2.24, 2.45) is 5.73 Å². The smallest absolute Gasteiger partial charge is 0.418 e. The van der Waals surface area contributed by atoms with Gasteiger partial charge in [-0.3, -0.25) is 0 Å². The Morgan fingerprint density at radius 2 is 1.67 bits per heavy atom. The lowest BCUT2D eigenvalue weighted by Crippen LogP contribution is -2.36. The van der Waals surface area contributed by atoms with Crippen molar-refractivity contribution in [3.63, 3.8) is 0 Å². The molecule has 0 aliphatic carbocycles. The van der Waals surface area contributed by atoms with Crippen molar-refractivity contribution in [1.82, 2.24) is 4.90 Å². The van der Waals surface area contributed by atoms with Crippen LogP contribution in [0.3, 0.4) is 0 Å². The van der Waals surface area contributed by atoms with Gasteiger partial charge in [-0.15, -0.1) is 12.4 Å². The molecule has 194 valence electrons. The number of hydrogen-bond donors (Lipinski definition) is 2. The number of halogens is 4. The predicted molar refractivity (Wildman–Crippen MR) is 136 cm³/mol. The van der Waals surface area contributed by atoms with Gasteiger partial charge in [0.15, 0.2) is 11.5 Å². The average Bonchev–Trinajstić information content (AvgIpc) is 2.85. The minimum absolute atomic E-state index is 0. The van der Waals surface area contributed by atoms with Gasteiger partial charge >= 0.3 is 12.2 Å². The molecule has 0 bridgehead atoms. The monoisotopic (exact) mass is 523 g/mol. The fourth-order valence-electron chi connectivity index (χ4n) is 3.45. The van der Waals surface area contributed by atoms with Gasteiger partial charge in [-0.1, -0.05) is 48.5 Å². The first-order valence-corrected chi connectivity index (χ1v) is 11.1. The van der Waals surface area contributed by atoms with E-state index in [0.717, 1.165) is 17.2 Å². The number of carbonyl (C=O) groups is 1. The zero-order chi connectivity index (χ0) is 25.3. The Balaban J connectivity index is 0.00000456. The largest absolute Gasteiger partial charge is 0.493 e. The maximum absolute atomic E-state index is 13.3. The molecule has 0 saturated carbocycles. The van der Waals surface area contributed by atoms with Crippen molar-refractivity contribution in [3.8, 4) is 11.5 Å². The van der Waals surface area contributed by atoms with Crippen LogP contribution in [0, 0.1) is 0 Å². The van der Waals surface area contributed by atoms with Crippen molar-refractivity contribution in [2.75, 3.05) is 25.5 Å². The van der Waals surface area contributed by atoms with E-state index in [1.165, 1.54) is 30.2 Å². The highest BCUT2D eigenvalue weighted by Gasteiger charge is 2.34. The topological polar surface area (TPSA) is 76.8 Å². The molecule has 2 amide bonds. The van der Waals surface area contributed by atoms with E-state index in [1.54, 1.807) is 18.2 Å². The third-order valence-corrected chi connectivity index (χ3v) is 5.23. The van der Waals surface area contributed by atoms with Gasteiger partial charge < -0.3 is 25.4 Å². The zero-order valence-electron chi connectivity index (χ0n) is 19.8. The maximum atomic E-state index is 13.3. The molecule has 0 fully saturated rings. The molecule has 36 heavy (non-hydrogen) atoms. The Labute approximate surface area is 214 Å². The van der Waals surface area contributed by atoms with Crippen LogP contribution >= 0.6 is 12.4 Å². The van der Waals surface area contributed by atoms with Crippen molar-refractivity contribution in [2.45, 2.75) is 25.7 Å². The fraction of sp³-hybridized carbons (Fsp3) is 0.269. The molecule has 3 aromatic carbocycles. The zero-order valence-corrected chi connectivity index (χ0v) is 20.6. The second kappa shape index (κ2) is 13.6. The van der Waals surface area contributed by atoms with Crippen LogP contribution < -0.4 is 20.5 Å². The number of alkyl halides is 3. The van der Waals surface area contributed by atoms with Crippen molar-refractivity contribution >= 4 is 24.1 Å². The summed E-state index contributed by atoms with van der Waals surface area (Å²) in [5.41, 5.74) is 6.13. The van der Waals surface area contributed by atoms with Gasteiger partial charge in [0, 0.05) is 13.1 Å². The van der Waals surface area contributed by atoms with E-state index >= 15 is 0 Å². The number of rotatable bonds is 10. The quantitative estimate of drug-likeness (QED) is 0.337. The highest BCUT2D eigenvalue weighted by molar-refractivity contribution is 5.90. The molecule has 0 heterocycles. The number of benzene rings is 3. The second-order valence-electron chi connectivity index (χ2n) is 7.80. The van der Waals surface area contributed by atoms with Gasteiger partial charge in [0.2, 0.25) is 0 Å². The summed E-state index contributed by atoms with van der Waals surface area (Å²) in [4.78, 5) is 14.3. The number of methoxy groups -OCH3 is 1. The molecule has 0 radical (unpaired) electrons. The lowest BCUT2D eigenvalue weighted by molar-refractivity contribution is -0.136. The van der Waals surface area contributed by atoms with Gasteiger partial charge in [-0.05, 0) is 48.4 Å². The molecule has 0 unspecified atom stereocenters. The number of anilines is 1. The fourth-order valence-corrected chi connectivity index (χ4v) is 3.45. The van der Waals surface area contributed by atoms with Crippen molar-refractivity contribution < 1.29 is 27.4 Å². The third-order valence-electron chi connectivity index (χ3n) is 5.23. The number of nitrogens with one attached hydrogen (secondary N) is 1. The first-order chi connectivity index (χ1) is 16.8. The third kappa shape index (κ3) is 8.07. The Hall–Kier alpha value is -3.43. The van der Waals surface area contributed by atoms with Gasteiger partial charge in [-0.25, -0.2) is 4.79 Å². The van der Waals surface area contributed by atoms with Crippen LogP contribution in [-0.4, -0.2) is 31.1 Å². The highest BCUT2D eigenvalue weighted by Crippen LogP contribution is 2.35. The standard InChI is InChI=1S/C26H28F3N3O3.ClH/c1-34-24-16-20(12-13-23(24)35-18-19-8-3-2-4-9-19)17-32(15-7-14-30)25(33)31-22-11-6-5-10-21(22)26(27,28)29;/h2-6,8-13,16H,7,14-15,17-18,30H2,1H3,(H,31,33);1H. The normalized spacial score (nSPS) is 10.8. The van der Waals surface area contributed by atoms with Gasteiger partial charge in [-0.2, -0.15) is 13.2 Å². The maximum Gasteiger partial charge on any atom is 0.418 e. The second-order valence-corrected chi connectivity index (χ2v) is 7.80. The van der Waals surface area contributed by atoms with E-state index in [1.807, 2.05) is 30.3 Å². The summed E-state index contributed by atoms with van der Waals surface area (Å²) in [6.07, 6.45) is -4.10. The van der Waals surface area contributed by atoms with Crippen LogP contribution in [0.25, 0.3) is 0 Å². The summed E-state index contributed by atoms with van der Waals surface area (Å²) in [6, 6.07) is 19.2. The number of hydrogen-bond acceptors (Lipinski definition) is 4. The van der Waals surface area contributed by atoms with E-state index in [-0.39, 0.29) is 31.2 Å². The van der Waals surface area contributed by atoms with Crippen LogP contribution in [0.4, 0.5) is 23.7 Å². The highest BCUT2D eigenvalue weighted by atomic mass is 35.5. The number of ether oxygens (including phenoxy) is 2. The van der Waals surface area contributed by atoms with Crippen LogP contribution in [-0.2, 0) is 19.3 Å². The molecule has 3 rings (SSSR count). The Bertz CT molecular complexity index is 1110. The molecule has 0 saturated heterocycles. The van der Waals surface area contributed by atoms with Gasteiger partial charge in [0.1, 0.15) is 6.61 Å². The number of nitrogens with two attached hydrogens (primary N) is 1. The van der Waals surface area contributed by atoms with E-state index < -0.39 is 17.8 Å². The lowest BCUT2D eigenvalue weighted by Gasteiger charge is -2.24. The molecule has 10 heteroatoms. The molecule has 0 spiro atoms. The van der Waals surface area contributed by atoms with Crippen molar-refractivity contribution in [3.05, 3.63) is 89.5 Å². The molecule has 0 aliphatic rings. The van der Waals surface area contributed by atoms with E-state index in [2.05, 4.69) is 5.32 Å². The van der Waals surface area contributed by atoms with Gasteiger partial charge in [0.25, 0.3) is 0 Å². The molecular formula is C26H29ClF3N3O3. The number of nitrogens with zero attached hydrogens (tertiary/aromatic N) is 1. The first-order valence-electron chi connectivity index (χ1n) is 11.1. The number of carbonyl (C=O) groups excluding carboxylic acids is 1. The van der Waals surface area contributed by atoms with E-state index in [4.69, 9.17) is 15.2 Å². The molecule has 0 aromatic heterocycles.